The molecular formula is C28H30N2O2. The van der Waals surface area contributed by atoms with Crippen molar-refractivity contribution in [2.24, 2.45) is 0 Å². The Balaban J connectivity index is 1.81. The first-order valence-corrected chi connectivity index (χ1v) is 11.2. The maximum absolute atomic E-state index is 12.7. The Hall–Kier alpha value is -3.53. The van der Waals surface area contributed by atoms with E-state index < -0.39 is 0 Å². The summed E-state index contributed by atoms with van der Waals surface area (Å²) in [4.78, 5) is 14.4. The normalized spacial score (nSPS) is 11.0. The Kier molecular flexibility index (Phi) is 6.31. The minimum atomic E-state index is -0.318. The van der Waals surface area contributed by atoms with Crippen molar-refractivity contribution in [1.29, 1.82) is 0 Å². The lowest BCUT2D eigenvalue weighted by Gasteiger charge is -2.20. The lowest BCUT2D eigenvalue weighted by Crippen LogP contribution is -2.33. The van der Waals surface area contributed by atoms with E-state index in [0.717, 1.165) is 28.6 Å². The van der Waals surface area contributed by atoms with Gasteiger partial charge in [0.15, 0.2) is 0 Å². The van der Waals surface area contributed by atoms with Crippen molar-refractivity contribution < 1.29 is 9.53 Å². The molecule has 0 aliphatic rings. The van der Waals surface area contributed by atoms with Crippen molar-refractivity contribution >= 4 is 17.0 Å². The standard InChI is InChI=1S/C28H30N2O2/c1-5-29(6-2)28(31)32-26-15-14-25-24(27(26)23-12-10-20(3)11-13-23)16-17-30(25)19-22-9-7-8-21(4)18-22/h7-18H,5-6,19H2,1-4H3. The lowest BCUT2D eigenvalue weighted by molar-refractivity contribution is 0.157. The molecule has 0 saturated carbocycles. The molecule has 0 fully saturated rings. The Morgan fingerprint density at radius 3 is 2.34 bits per heavy atom. The average molecular weight is 427 g/mol. The topological polar surface area (TPSA) is 34.5 Å². The molecule has 0 atom stereocenters. The van der Waals surface area contributed by atoms with Gasteiger partial charge in [-0.15, -0.1) is 0 Å². The monoisotopic (exact) mass is 426 g/mol. The molecule has 0 bridgehead atoms. The highest BCUT2D eigenvalue weighted by atomic mass is 16.6. The van der Waals surface area contributed by atoms with Crippen LogP contribution >= 0.6 is 0 Å². The van der Waals surface area contributed by atoms with Gasteiger partial charge in [0.2, 0.25) is 0 Å². The van der Waals surface area contributed by atoms with Crippen molar-refractivity contribution in [2.45, 2.75) is 34.2 Å². The molecule has 0 aliphatic carbocycles. The number of fused-ring (bicyclic) bond motifs is 1. The smallest absolute Gasteiger partial charge is 0.410 e. The molecule has 0 unspecified atom stereocenters. The number of aromatic nitrogens is 1. The molecule has 4 nitrogen and oxygen atoms in total. The first-order chi connectivity index (χ1) is 15.5. The molecule has 1 aromatic heterocycles. The predicted molar refractivity (Wildman–Crippen MR) is 131 cm³/mol. The van der Waals surface area contributed by atoms with Gasteiger partial charge in [-0.2, -0.15) is 0 Å². The maximum atomic E-state index is 12.7. The third-order valence-corrected chi connectivity index (χ3v) is 5.91. The number of aryl methyl sites for hydroxylation is 2. The van der Waals surface area contributed by atoms with E-state index in [-0.39, 0.29) is 6.09 Å². The van der Waals surface area contributed by atoms with Gasteiger partial charge in [-0.3, -0.25) is 0 Å². The summed E-state index contributed by atoms with van der Waals surface area (Å²) in [5.41, 5.74) is 6.81. The largest absolute Gasteiger partial charge is 0.415 e. The number of nitrogens with zero attached hydrogens (tertiary/aromatic N) is 2. The first-order valence-electron chi connectivity index (χ1n) is 11.2. The second kappa shape index (κ2) is 9.31. The number of carbonyl (C=O) groups is 1. The van der Waals surface area contributed by atoms with Gasteiger partial charge in [0.25, 0.3) is 0 Å². The number of hydrogen-bond acceptors (Lipinski definition) is 2. The van der Waals surface area contributed by atoms with Crippen LogP contribution in [0.5, 0.6) is 5.75 Å². The molecule has 1 heterocycles. The Morgan fingerprint density at radius 1 is 0.906 bits per heavy atom. The molecule has 3 aromatic carbocycles. The number of benzene rings is 3. The Labute approximate surface area is 190 Å². The minimum absolute atomic E-state index is 0.318. The summed E-state index contributed by atoms with van der Waals surface area (Å²) in [6, 6.07) is 23.0. The van der Waals surface area contributed by atoms with Crippen LogP contribution in [0.1, 0.15) is 30.5 Å². The summed E-state index contributed by atoms with van der Waals surface area (Å²) in [7, 11) is 0. The van der Waals surface area contributed by atoms with E-state index in [1.165, 1.54) is 16.7 Å². The number of rotatable bonds is 6. The predicted octanol–water partition coefficient (Wildman–Crippen LogP) is 6.81. The van der Waals surface area contributed by atoms with Gasteiger partial charge in [0, 0.05) is 42.3 Å². The molecule has 1 amide bonds. The zero-order valence-electron chi connectivity index (χ0n) is 19.3. The van der Waals surface area contributed by atoms with Crippen LogP contribution in [-0.2, 0) is 6.54 Å². The van der Waals surface area contributed by atoms with Gasteiger partial charge in [-0.25, -0.2) is 4.79 Å². The molecule has 32 heavy (non-hydrogen) atoms. The summed E-state index contributed by atoms with van der Waals surface area (Å²) < 4.78 is 8.15. The van der Waals surface area contributed by atoms with Gasteiger partial charge in [-0.1, -0.05) is 59.7 Å². The summed E-state index contributed by atoms with van der Waals surface area (Å²) in [5.74, 6) is 0.589. The minimum Gasteiger partial charge on any atom is -0.410 e. The summed E-state index contributed by atoms with van der Waals surface area (Å²) in [5, 5.41) is 1.08. The van der Waals surface area contributed by atoms with Crippen LogP contribution in [0.4, 0.5) is 4.79 Å². The van der Waals surface area contributed by atoms with Gasteiger partial charge >= 0.3 is 6.09 Å². The second-order valence-electron chi connectivity index (χ2n) is 8.21. The van der Waals surface area contributed by atoms with Crippen LogP contribution in [0.25, 0.3) is 22.0 Å². The molecule has 4 aromatic rings. The van der Waals surface area contributed by atoms with Gasteiger partial charge in [0.05, 0.1) is 0 Å². The van der Waals surface area contributed by atoms with Gasteiger partial charge in [0.1, 0.15) is 5.75 Å². The Bertz CT molecular complexity index is 1230. The van der Waals surface area contributed by atoms with Crippen LogP contribution in [0.15, 0.2) is 72.9 Å². The quantitative estimate of drug-likeness (QED) is 0.339. The SMILES string of the molecule is CCN(CC)C(=O)Oc1ccc2c(ccn2Cc2cccc(C)c2)c1-c1ccc(C)cc1. The molecule has 0 spiro atoms. The fourth-order valence-corrected chi connectivity index (χ4v) is 4.14. The lowest BCUT2D eigenvalue weighted by atomic mass is 9.99. The van der Waals surface area contributed by atoms with Crippen LogP contribution in [-0.4, -0.2) is 28.6 Å². The van der Waals surface area contributed by atoms with Crippen LogP contribution < -0.4 is 4.74 Å². The fraction of sp³-hybridized carbons (Fsp3) is 0.250. The van der Waals surface area contributed by atoms with Gasteiger partial charge in [-0.05, 0) is 57.0 Å². The number of hydrogen-bond donors (Lipinski definition) is 0. The van der Waals surface area contributed by atoms with Crippen LogP contribution in [0.2, 0.25) is 0 Å². The number of ether oxygens (including phenoxy) is 1. The molecule has 4 rings (SSSR count). The molecule has 4 heteroatoms. The van der Waals surface area contributed by atoms with E-state index in [9.17, 15) is 4.79 Å². The van der Waals surface area contributed by atoms with Crippen molar-refractivity contribution in [3.8, 4) is 16.9 Å². The maximum Gasteiger partial charge on any atom is 0.415 e. The van der Waals surface area contributed by atoms with E-state index in [1.54, 1.807) is 4.90 Å². The molecule has 0 radical (unpaired) electrons. The number of amides is 1. The number of carbonyl (C=O) groups excluding carboxylic acids is 1. The summed E-state index contributed by atoms with van der Waals surface area (Å²) in [6.45, 7) is 10.1. The van der Waals surface area contributed by atoms with E-state index >= 15 is 0 Å². The average Bonchev–Trinajstić information content (AvgIpc) is 3.18. The highest BCUT2D eigenvalue weighted by molar-refractivity contribution is 5.99. The van der Waals surface area contributed by atoms with E-state index in [4.69, 9.17) is 4.74 Å². The molecule has 0 N–H and O–H groups in total. The third-order valence-electron chi connectivity index (χ3n) is 5.91. The zero-order valence-corrected chi connectivity index (χ0v) is 19.3. The fourth-order valence-electron chi connectivity index (χ4n) is 4.14. The summed E-state index contributed by atoms with van der Waals surface area (Å²) >= 11 is 0. The van der Waals surface area contributed by atoms with Crippen LogP contribution in [0.3, 0.4) is 0 Å². The highest BCUT2D eigenvalue weighted by Crippen LogP contribution is 2.38. The van der Waals surface area contributed by atoms with E-state index in [1.807, 2.05) is 26.0 Å². The van der Waals surface area contributed by atoms with Crippen molar-refractivity contribution in [3.05, 3.63) is 89.6 Å². The van der Waals surface area contributed by atoms with Crippen LogP contribution in [0, 0.1) is 13.8 Å². The molecule has 0 saturated heterocycles. The van der Waals surface area contributed by atoms with Crippen molar-refractivity contribution in [1.82, 2.24) is 9.47 Å². The molecule has 0 aliphatic heterocycles. The van der Waals surface area contributed by atoms with Crippen molar-refractivity contribution in [2.75, 3.05) is 13.1 Å². The third kappa shape index (κ3) is 4.40. The Morgan fingerprint density at radius 2 is 1.66 bits per heavy atom. The summed E-state index contributed by atoms with van der Waals surface area (Å²) in [6.07, 6.45) is 1.79. The first kappa shape index (κ1) is 21.7. The molecule has 164 valence electrons. The zero-order chi connectivity index (χ0) is 22.7. The second-order valence-corrected chi connectivity index (χ2v) is 8.21. The molecular weight excluding hydrogens is 396 g/mol. The van der Waals surface area contributed by atoms with Gasteiger partial charge < -0.3 is 14.2 Å². The van der Waals surface area contributed by atoms with E-state index in [0.29, 0.717) is 18.8 Å². The van der Waals surface area contributed by atoms with Crippen molar-refractivity contribution in [3.63, 3.8) is 0 Å². The van der Waals surface area contributed by atoms with E-state index in [2.05, 4.69) is 79.2 Å². The highest BCUT2D eigenvalue weighted by Gasteiger charge is 2.19.